The minimum Gasteiger partial charge on any atom is -0.372 e. The van der Waals surface area contributed by atoms with Gasteiger partial charge in [0, 0.05) is 19.0 Å². The molecule has 0 fully saturated rings. The van der Waals surface area contributed by atoms with Crippen molar-refractivity contribution < 1.29 is 0 Å². The lowest BCUT2D eigenvalue weighted by Gasteiger charge is -2.14. The van der Waals surface area contributed by atoms with Gasteiger partial charge in [0.2, 0.25) is 0 Å². The van der Waals surface area contributed by atoms with Crippen molar-refractivity contribution in [3.05, 3.63) is 33.9 Å². The van der Waals surface area contributed by atoms with Crippen molar-refractivity contribution in [1.82, 2.24) is 19.9 Å². The molecule has 3 rings (SSSR count). The monoisotopic (exact) mass is 305 g/mol. The lowest BCUT2D eigenvalue weighted by Crippen LogP contribution is -2.19. The van der Waals surface area contributed by atoms with E-state index in [2.05, 4.69) is 43.7 Å². The summed E-state index contributed by atoms with van der Waals surface area (Å²) in [6.45, 7) is 1.52. The van der Waals surface area contributed by atoms with Crippen molar-refractivity contribution in [2.24, 2.45) is 0 Å². The number of nitrogens with zero attached hydrogens (tertiary/aromatic N) is 4. The highest BCUT2D eigenvalue weighted by Crippen LogP contribution is 2.25. The maximum absolute atomic E-state index is 4.62. The molecule has 0 saturated carbocycles. The molecule has 0 aliphatic heterocycles. The fraction of sp³-hybridized carbons (Fsp3) is 0.308. The molecule has 0 spiro atoms. The largest absolute Gasteiger partial charge is 0.372 e. The Balaban J connectivity index is 1.79. The molecular formula is C13H15N5S2. The molecule has 104 valence electrons. The van der Waals surface area contributed by atoms with Gasteiger partial charge in [-0.25, -0.2) is 15.0 Å². The van der Waals surface area contributed by atoms with Crippen LogP contribution in [0.2, 0.25) is 0 Å². The molecule has 1 N–H and O–H groups in total. The summed E-state index contributed by atoms with van der Waals surface area (Å²) in [5.41, 5.74) is 2.94. The first-order chi connectivity index (χ1) is 9.76. The van der Waals surface area contributed by atoms with Gasteiger partial charge in [-0.1, -0.05) is 0 Å². The molecule has 20 heavy (non-hydrogen) atoms. The van der Waals surface area contributed by atoms with Crippen molar-refractivity contribution in [1.29, 1.82) is 0 Å². The van der Waals surface area contributed by atoms with Crippen LogP contribution in [0.3, 0.4) is 0 Å². The first kappa shape index (κ1) is 13.4. The molecule has 0 bridgehead atoms. The summed E-state index contributed by atoms with van der Waals surface area (Å²) in [7, 11) is 3.95. The lowest BCUT2D eigenvalue weighted by atomic mass is 10.3. The highest BCUT2D eigenvalue weighted by atomic mass is 32.1. The number of nitrogens with one attached hydrogen (secondary N) is 1. The third-order valence-corrected chi connectivity index (χ3v) is 4.38. The third-order valence-electron chi connectivity index (χ3n) is 2.93. The van der Waals surface area contributed by atoms with Crippen molar-refractivity contribution in [2.45, 2.75) is 13.1 Å². The Kier molecular flexibility index (Phi) is 3.90. The van der Waals surface area contributed by atoms with Crippen LogP contribution in [0.4, 0.5) is 5.82 Å². The van der Waals surface area contributed by atoms with Gasteiger partial charge in [-0.2, -0.15) is 0 Å². The second kappa shape index (κ2) is 5.82. The maximum Gasteiger partial charge on any atom is 0.146 e. The molecule has 0 unspecified atom stereocenters. The van der Waals surface area contributed by atoms with Crippen LogP contribution >= 0.6 is 22.7 Å². The van der Waals surface area contributed by atoms with Crippen LogP contribution in [-0.2, 0) is 13.1 Å². The Hall–Kier alpha value is -1.57. The smallest absolute Gasteiger partial charge is 0.146 e. The molecule has 0 radical (unpaired) electrons. The maximum atomic E-state index is 4.62. The van der Waals surface area contributed by atoms with E-state index < -0.39 is 0 Å². The van der Waals surface area contributed by atoms with E-state index in [4.69, 9.17) is 0 Å². The van der Waals surface area contributed by atoms with E-state index in [1.54, 1.807) is 22.7 Å². The third kappa shape index (κ3) is 2.79. The zero-order valence-corrected chi connectivity index (χ0v) is 13.0. The van der Waals surface area contributed by atoms with Crippen molar-refractivity contribution in [3.8, 4) is 0 Å². The predicted molar refractivity (Wildman–Crippen MR) is 84.2 cm³/mol. The summed E-state index contributed by atoms with van der Waals surface area (Å²) in [6.07, 6.45) is 0. The SMILES string of the molecule is CNc1nc(CN(C)Cc2cscn2)nc2sccc12. The first-order valence-electron chi connectivity index (χ1n) is 6.23. The number of thiophene rings is 1. The van der Waals surface area contributed by atoms with Crippen LogP contribution in [0.5, 0.6) is 0 Å². The number of thiazole rings is 1. The Labute approximate surface area is 125 Å². The Morgan fingerprint density at radius 2 is 2.20 bits per heavy atom. The second-order valence-electron chi connectivity index (χ2n) is 4.53. The fourth-order valence-corrected chi connectivity index (χ4v) is 3.38. The number of hydrogen-bond acceptors (Lipinski definition) is 7. The van der Waals surface area contributed by atoms with Crippen LogP contribution in [0, 0.1) is 0 Å². The van der Waals surface area contributed by atoms with Crippen molar-refractivity contribution >= 4 is 38.7 Å². The summed E-state index contributed by atoms with van der Waals surface area (Å²) < 4.78 is 0. The summed E-state index contributed by atoms with van der Waals surface area (Å²) in [5, 5.41) is 8.34. The Bertz CT molecular complexity index is 692. The van der Waals surface area contributed by atoms with E-state index in [-0.39, 0.29) is 0 Å². The second-order valence-corrected chi connectivity index (χ2v) is 6.14. The molecule has 0 saturated heterocycles. The standard InChI is InChI=1S/C13H15N5S2/c1-14-12-10-3-4-20-13(10)17-11(16-12)6-18(2)5-9-7-19-8-15-9/h3-4,7-8H,5-6H2,1-2H3,(H,14,16,17). The summed E-state index contributed by atoms with van der Waals surface area (Å²) in [5.74, 6) is 1.73. The number of fused-ring (bicyclic) bond motifs is 1. The highest BCUT2D eigenvalue weighted by Gasteiger charge is 2.10. The van der Waals surface area contributed by atoms with Gasteiger partial charge >= 0.3 is 0 Å². The van der Waals surface area contributed by atoms with Crippen LogP contribution < -0.4 is 5.32 Å². The molecule has 0 amide bonds. The van der Waals surface area contributed by atoms with Crippen molar-refractivity contribution in [3.63, 3.8) is 0 Å². The first-order valence-corrected chi connectivity index (χ1v) is 8.06. The van der Waals surface area contributed by atoms with Crippen LogP contribution in [0.1, 0.15) is 11.5 Å². The van der Waals surface area contributed by atoms with Gasteiger partial charge in [0.25, 0.3) is 0 Å². The van der Waals surface area contributed by atoms with E-state index in [0.29, 0.717) is 6.54 Å². The average molecular weight is 305 g/mol. The van der Waals surface area contributed by atoms with E-state index in [9.17, 15) is 0 Å². The molecule has 0 aliphatic carbocycles. The van der Waals surface area contributed by atoms with E-state index >= 15 is 0 Å². The minimum atomic E-state index is 0.708. The summed E-state index contributed by atoms with van der Waals surface area (Å²) >= 11 is 3.26. The zero-order valence-electron chi connectivity index (χ0n) is 11.3. The van der Waals surface area contributed by atoms with Gasteiger partial charge in [0.1, 0.15) is 16.5 Å². The Morgan fingerprint density at radius 1 is 1.30 bits per heavy atom. The summed E-state index contributed by atoms with van der Waals surface area (Å²) in [6, 6.07) is 2.05. The average Bonchev–Trinajstić information content (AvgIpc) is 3.08. The summed E-state index contributed by atoms with van der Waals surface area (Å²) in [4.78, 5) is 16.7. The number of rotatable bonds is 5. The molecule has 7 heteroatoms. The minimum absolute atomic E-state index is 0.708. The van der Waals surface area contributed by atoms with Crippen LogP contribution in [0.25, 0.3) is 10.2 Å². The zero-order chi connectivity index (χ0) is 13.9. The van der Waals surface area contributed by atoms with Crippen molar-refractivity contribution in [2.75, 3.05) is 19.4 Å². The van der Waals surface area contributed by atoms with Gasteiger partial charge in [-0.15, -0.1) is 22.7 Å². The molecular weight excluding hydrogens is 290 g/mol. The van der Waals surface area contributed by atoms with Gasteiger partial charge in [0.05, 0.1) is 23.1 Å². The fourth-order valence-electron chi connectivity index (χ4n) is 2.05. The van der Waals surface area contributed by atoms with Gasteiger partial charge in [-0.05, 0) is 18.5 Å². The van der Waals surface area contributed by atoms with Gasteiger partial charge < -0.3 is 5.32 Å². The van der Waals surface area contributed by atoms with Gasteiger partial charge in [-0.3, -0.25) is 4.90 Å². The van der Waals surface area contributed by atoms with E-state index in [1.807, 2.05) is 17.9 Å². The lowest BCUT2D eigenvalue weighted by molar-refractivity contribution is 0.308. The molecule has 0 aromatic carbocycles. The predicted octanol–water partition coefficient (Wildman–Crippen LogP) is 2.82. The topological polar surface area (TPSA) is 53.9 Å². The molecule has 3 aromatic heterocycles. The molecule has 3 heterocycles. The number of hydrogen-bond donors (Lipinski definition) is 1. The van der Waals surface area contributed by atoms with Gasteiger partial charge in [0.15, 0.2) is 0 Å². The van der Waals surface area contributed by atoms with Crippen LogP contribution in [0.15, 0.2) is 22.3 Å². The quantitative estimate of drug-likeness (QED) is 0.785. The highest BCUT2D eigenvalue weighted by molar-refractivity contribution is 7.16. The van der Waals surface area contributed by atoms with E-state index in [1.165, 1.54) is 0 Å². The molecule has 0 aliphatic rings. The molecule has 0 atom stereocenters. The molecule has 5 nitrogen and oxygen atoms in total. The Morgan fingerprint density at radius 3 is 2.95 bits per heavy atom. The molecule has 3 aromatic rings. The van der Waals surface area contributed by atoms with E-state index in [0.717, 1.165) is 34.1 Å². The number of anilines is 1. The number of aromatic nitrogens is 3. The normalized spacial score (nSPS) is 11.3. The van der Waals surface area contributed by atoms with Crippen LogP contribution in [-0.4, -0.2) is 33.9 Å².